The van der Waals surface area contributed by atoms with E-state index in [1.165, 1.54) is 16.0 Å². The van der Waals surface area contributed by atoms with Gasteiger partial charge in [-0.1, -0.05) is 54.6 Å². The summed E-state index contributed by atoms with van der Waals surface area (Å²) in [6.07, 6.45) is 0.517. The molecule has 1 aliphatic rings. The van der Waals surface area contributed by atoms with Crippen molar-refractivity contribution < 1.29 is 9.59 Å². The third-order valence-corrected chi connectivity index (χ3v) is 4.47. The van der Waals surface area contributed by atoms with Crippen LogP contribution in [0.3, 0.4) is 0 Å². The fourth-order valence-corrected chi connectivity index (χ4v) is 3.07. The van der Waals surface area contributed by atoms with Crippen molar-refractivity contribution in [3.05, 3.63) is 71.3 Å². The molecule has 25 heavy (non-hydrogen) atoms. The molecule has 1 aliphatic heterocycles. The molecular formula is C20H23N3O2. The minimum absolute atomic E-state index is 0.162. The lowest BCUT2D eigenvalue weighted by molar-refractivity contribution is -0.128. The molecule has 0 spiro atoms. The molecule has 0 saturated carbocycles. The van der Waals surface area contributed by atoms with E-state index >= 15 is 0 Å². The van der Waals surface area contributed by atoms with Crippen LogP contribution in [-0.2, 0) is 17.8 Å². The maximum Gasteiger partial charge on any atom is 0.325 e. The molecule has 1 unspecified atom stereocenters. The van der Waals surface area contributed by atoms with Gasteiger partial charge >= 0.3 is 6.03 Å². The fourth-order valence-electron chi connectivity index (χ4n) is 3.07. The van der Waals surface area contributed by atoms with Gasteiger partial charge in [0.1, 0.15) is 6.04 Å². The number of carbonyl (C=O) groups is 2. The molecule has 0 aliphatic carbocycles. The molecule has 3 rings (SSSR count). The Hall–Kier alpha value is -2.66. The van der Waals surface area contributed by atoms with Crippen LogP contribution in [0.15, 0.2) is 54.6 Å². The lowest BCUT2D eigenvalue weighted by atomic mass is 10.1. The maximum atomic E-state index is 12.6. The van der Waals surface area contributed by atoms with Crippen molar-refractivity contribution in [3.8, 4) is 0 Å². The Morgan fingerprint density at radius 1 is 1.04 bits per heavy atom. The molecule has 1 saturated heterocycles. The van der Waals surface area contributed by atoms with Crippen molar-refractivity contribution in [2.75, 3.05) is 13.7 Å². The number of urea groups is 1. The van der Waals surface area contributed by atoms with E-state index in [0.29, 0.717) is 13.0 Å². The summed E-state index contributed by atoms with van der Waals surface area (Å²) in [6, 6.07) is 17.1. The first-order valence-corrected chi connectivity index (χ1v) is 8.43. The number of aryl methyl sites for hydroxylation is 1. The van der Waals surface area contributed by atoms with Crippen LogP contribution < -0.4 is 5.32 Å². The van der Waals surface area contributed by atoms with Gasteiger partial charge in [-0.25, -0.2) is 9.69 Å². The van der Waals surface area contributed by atoms with Crippen molar-refractivity contribution >= 4 is 11.9 Å². The fraction of sp³-hybridized carbons (Fsp3) is 0.300. The first-order valence-electron chi connectivity index (χ1n) is 8.43. The monoisotopic (exact) mass is 337 g/mol. The van der Waals surface area contributed by atoms with Gasteiger partial charge in [0.05, 0.1) is 6.67 Å². The van der Waals surface area contributed by atoms with Crippen LogP contribution >= 0.6 is 0 Å². The van der Waals surface area contributed by atoms with Crippen LogP contribution in [0.4, 0.5) is 4.79 Å². The Morgan fingerprint density at radius 3 is 2.44 bits per heavy atom. The number of nitrogens with one attached hydrogen (secondary N) is 1. The Labute approximate surface area is 148 Å². The molecule has 5 heteroatoms. The van der Waals surface area contributed by atoms with Crippen molar-refractivity contribution in [2.24, 2.45) is 0 Å². The zero-order valence-electron chi connectivity index (χ0n) is 14.6. The van der Waals surface area contributed by atoms with Crippen LogP contribution in [0, 0.1) is 6.92 Å². The van der Waals surface area contributed by atoms with E-state index in [0.717, 1.165) is 5.56 Å². The third-order valence-electron chi connectivity index (χ3n) is 4.47. The van der Waals surface area contributed by atoms with E-state index in [2.05, 4.69) is 24.4 Å². The predicted molar refractivity (Wildman–Crippen MR) is 96.8 cm³/mol. The highest BCUT2D eigenvalue weighted by Crippen LogP contribution is 2.14. The van der Waals surface area contributed by atoms with Gasteiger partial charge < -0.3 is 5.32 Å². The topological polar surface area (TPSA) is 52.6 Å². The summed E-state index contributed by atoms with van der Waals surface area (Å²) < 4.78 is 0. The number of hydrogen-bond donors (Lipinski definition) is 1. The number of hydrogen-bond acceptors (Lipinski definition) is 3. The summed E-state index contributed by atoms with van der Waals surface area (Å²) in [5, 5.41) is 2.79. The molecule has 1 fully saturated rings. The van der Waals surface area contributed by atoms with Gasteiger partial charge in [-0.05, 0) is 30.7 Å². The summed E-state index contributed by atoms with van der Waals surface area (Å²) in [6.45, 7) is 3.03. The standard InChI is InChI=1S/C20H23N3O2/c1-15-8-6-7-11-17(15)13-22(2)14-23-19(24)18(21-20(23)25)12-16-9-4-3-5-10-16/h3-11,18H,12-14H2,1-2H3,(H,21,25). The van der Waals surface area contributed by atoms with Gasteiger partial charge in [0.25, 0.3) is 5.91 Å². The second kappa shape index (κ2) is 7.49. The van der Waals surface area contributed by atoms with Crippen molar-refractivity contribution in [1.82, 2.24) is 15.1 Å². The van der Waals surface area contributed by atoms with E-state index in [1.54, 1.807) is 0 Å². The Kier molecular flexibility index (Phi) is 5.14. The molecule has 0 bridgehead atoms. The number of imide groups is 1. The molecular weight excluding hydrogens is 314 g/mol. The lowest BCUT2D eigenvalue weighted by Gasteiger charge is -2.23. The SMILES string of the molecule is Cc1ccccc1CN(C)CN1C(=O)NC(Cc2ccccc2)C1=O. The van der Waals surface area contributed by atoms with Gasteiger partial charge in [-0.3, -0.25) is 9.69 Å². The summed E-state index contributed by atoms with van der Waals surface area (Å²) >= 11 is 0. The van der Waals surface area contributed by atoms with Crippen molar-refractivity contribution in [3.63, 3.8) is 0 Å². The minimum atomic E-state index is -0.484. The summed E-state index contributed by atoms with van der Waals surface area (Å²) in [4.78, 5) is 28.1. The molecule has 2 aromatic rings. The Bertz CT molecular complexity index is 761. The molecule has 3 amide bonds. The van der Waals surface area contributed by atoms with Gasteiger partial charge in [0, 0.05) is 13.0 Å². The lowest BCUT2D eigenvalue weighted by Crippen LogP contribution is -2.40. The minimum Gasteiger partial charge on any atom is -0.325 e. The van der Waals surface area contributed by atoms with Crippen LogP contribution in [0.2, 0.25) is 0 Å². The van der Waals surface area contributed by atoms with E-state index in [4.69, 9.17) is 0 Å². The molecule has 130 valence electrons. The van der Waals surface area contributed by atoms with Crippen LogP contribution in [0.1, 0.15) is 16.7 Å². The second-order valence-corrected chi connectivity index (χ2v) is 6.54. The smallest absolute Gasteiger partial charge is 0.325 e. The number of carbonyl (C=O) groups excluding carboxylic acids is 2. The summed E-state index contributed by atoms with van der Waals surface area (Å²) in [5.41, 5.74) is 3.43. The van der Waals surface area contributed by atoms with E-state index in [-0.39, 0.29) is 18.6 Å². The largest absolute Gasteiger partial charge is 0.325 e. The van der Waals surface area contributed by atoms with E-state index in [9.17, 15) is 9.59 Å². The number of benzene rings is 2. The van der Waals surface area contributed by atoms with Gasteiger partial charge in [-0.15, -0.1) is 0 Å². The highest BCUT2D eigenvalue weighted by atomic mass is 16.2. The van der Waals surface area contributed by atoms with Crippen molar-refractivity contribution in [2.45, 2.75) is 25.9 Å². The van der Waals surface area contributed by atoms with Gasteiger partial charge in [0.15, 0.2) is 0 Å². The average Bonchev–Trinajstić information content (AvgIpc) is 2.85. The van der Waals surface area contributed by atoms with Crippen LogP contribution in [0.25, 0.3) is 0 Å². The number of amides is 3. The molecule has 1 atom stereocenters. The molecule has 0 radical (unpaired) electrons. The first-order chi connectivity index (χ1) is 12.0. The molecule has 5 nitrogen and oxygen atoms in total. The average molecular weight is 337 g/mol. The van der Waals surface area contributed by atoms with Gasteiger partial charge in [-0.2, -0.15) is 0 Å². The normalized spacial score (nSPS) is 17.2. The molecule has 2 aromatic carbocycles. The highest BCUT2D eigenvalue weighted by molar-refractivity contribution is 6.04. The molecule has 1 heterocycles. The van der Waals surface area contributed by atoms with Gasteiger partial charge in [0.2, 0.25) is 0 Å². The van der Waals surface area contributed by atoms with E-state index in [1.807, 2.05) is 54.4 Å². The first kappa shape index (κ1) is 17.2. The highest BCUT2D eigenvalue weighted by Gasteiger charge is 2.38. The Morgan fingerprint density at radius 2 is 1.72 bits per heavy atom. The second-order valence-electron chi connectivity index (χ2n) is 6.54. The predicted octanol–water partition coefficient (Wildman–Crippen LogP) is 2.55. The van der Waals surface area contributed by atoms with E-state index < -0.39 is 6.04 Å². The van der Waals surface area contributed by atoms with Crippen LogP contribution in [-0.4, -0.2) is 41.5 Å². The number of rotatable bonds is 6. The van der Waals surface area contributed by atoms with Crippen molar-refractivity contribution in [1.29, 1.82) is 0 Å². The Balaban J connectivity index is 1.61. The molecule has 0 aromatic heterocycles. The summed E-state index contributed by atoms with van der Waals surface area (Å²) in [5.74, 6) is -0.162. The third kappa shape index (κ3) is 4.06. The maximum absolute atomic E-state index is 12.6. The number of nitrogens with zero attached hydrogens (tertiary/aromatic N) is 2. The van der Waals surface area contributed by atoms with Crippen LogP contribution in [0.5, 0.6) is 0 Å². The summed E-state index contributed by atoms with van der Waals surface area (Å²) in [7, 11) is 1.91. The molecule has 1 N–H and O–H groups in total. The zero-order chi connectivity index (χ0) is 17.8. The zero-order valence-corrected chi connectivity index (χ0v) is 14.6. The quantitative estimate of drug-likeness (QED) is 0.824.